The SMILES string of the molecule is C=CCS.O=S(O)O.[NaH]. The summed E-state index contributed by atoms with van der Waals surface area (Å²) in [6, 6.07) is 0. The summed E-state index contributed by atoms with van der Waals surface area (Å²) in [7, 11) is 0. The zero-order valence-corrected chi connectivity index (χ0v) is 5.86. The number of hydrogen-bond acceptors (Lipinski definition) is 2. The Labute approximate surface area is 84.7 Å². The zero-order chi connectivity index (χ0) is 6.99. The van der Waals surface area contributed by atoms with Crippen LogP contribution in [0, 0.1) is 0 Å². The fourth-order valence-electron chi connectivity index (χ4n) is 0. The first kappa shape index (κ1) is 16.6. The maximum atomic E-state index is 8.67. The van der Waals surface area contributed by atoms with Gasteiger partial charge in [-0.05, 0) is 0 Å². The van der Waals surface area contributed by atoms with Gasteiger partial charge in [-0.2, -0.15) is 16.8 Å². The molecule has 0 amide bonds. The summed E-state index contributed by atoms with van der Waals surface area (Å²) in [5, 5.41) is 0. The molecule has 0 rings (SSSR count). The monoisotopic (exact) mass is 180 g/mol. The average Bonchev–Trinajstić information content (AvgIpc) is 1.65. The van der Waals surface area contributed by atoms with Crippen molar-refractivity contribution in [3.8, 4) is 0 Å². The van der Waals surface area contributed by atoms with Gasteiger partial charge in [-0.25, -0.2) is 0 Å². The molecule has 0 aliphatic rings. The Balaban J connectivity index is -0.0000000720. The van der Waals surface area contributed by atoms with Crippen LogP contribution in [0.4, 0.5) is 0 Å². The molecule has 0 bridgehead atoms. The van der Waals surface area contributed by atoms with Crippen molar-refractivity contribution in [2.75, 3.05) is 5.75 Å². The molecular formula is C3H9NaO3S2. The fraction of sp³-hybridized carbons (Fsp3) is 0.333. The van der Waals surface area contributed by atoms with E-state index >= 15 is 0 Å². The van der Waals surface area contributed by atoms with Crippen molar-refractivity contribution < 1.29 is 13.3 Å². The van der Waals surface area contributed by atoms with Crippen molar-refractivity contribution in [3.05, 3.63) is 12.7 Å². The van der Waals surface area contributed by atoms with E-state index in [1.807, 2.05) is 0 Å². The predicted octanol–water partition coefficient (Wildman–Crippen LogP) is 0.135. The van der Waals surface area contributed by atoms with Gasteiger partial charge in [-0.1, -0.05) is 6.08 Å². The van der Waals surface area contributed by atoms with Crippen molar-refractivity contribution in [1.29, 1.82) is 0 Å². The average molecular weight is 180 g/mol. The van der Waals surface area contributed by atoms with Crippen LogP contribution in [0.1, 0.15) is 0 Å². The summed E-state index contributed by atoms with van der Waals surface area (Å²) in [5.74, 6) is 0.778. The first-order valence-electron chi connectivity index (χ1n) is 1.66. The van der Waals surface area contributed by atoms with E-state index in [4.69, 9.17) is 13.3 Å². The molecule has 0 saturated heterocycles. The van der Waals surface area contributed by atoms with Crippen molar-refractivity contribution in [2.45, 2.75) is 0 Å². The third-order valence-electron chi connectivity index (χ3n) is 0.129. The third kappa shape index (κ3) is 101. The quantitative estimate of drug-likeness (QED) is 0.233. The van der Waals surface area contributed by atoms with Crippen LogP contribution in [-0.2, 0) is 11.4 Å². The van der Waals surface area contributed by atoms with E-state index in [-0.39, 0.29) is 29.6 Å². The van der Waals surface area contributed by atoms with Crippen LogP contribution in [0.25, 0.3) is 0 Å². The minimum atomic E-state index is -2.61. The Bertz CT molecular complexity index is 73.5. The van der Waals surface area contributed by atoms with Gasteiger partial charge in [0.05, 0.1) is 0 Å². The molecule has 0 aromatic rings. The molecule has 0 spiro atoms. The fourth-order valence-corrected chi connectivity index (χ4v) is 0. The summed E-state index contributed by atoms with van der Waals surface area (Å²) in [5.41, 5.74) is 0. The van der Waals surface area contributed by atoms with E-state index in [9.17, 15) is 0 Å². The molecular weight excluding hydrogens is 171 g/mol. The Morgan fingerprint density at radius 3 is 1.78 bits per heavy atom. The minimum absolute atomic E-state index is 0. The molecule has 0 aliphatic heterocycles. The van der Waals surface area contributed by atoms with Crippen molar-refractivity contribution in [1.82, 2.24) is 0 Å². The predicted molar refractivity (Wildman–Crippen MR) is 44.6 cm³/mol. The van der Waals surface area contributed by atoms with Gasteiger partial charge < -0.3 is 0 Å². The van der Waals surface area contributed by atoms with E-state index in [1.165, 1.54) is 0 Å². The summed E-state index contributed by atoms with van der Waals surface area (Å²) < 4.78 is 22.8. The molecule has 2 N–H and O–H groups in total. The molecule has 0 aromatic carbocycles. The van der Waals surface area contributed by atoms with Gasteiger partial charge in [0.15, 0.2) is 0 Å². The Hall–Kier alpha value is 1.16. The molecule has 0 unspecified atom stereocenters. The van der Waals surface area contributed by atoms with Crippen LogP contribution < -0.4 is 0 Å². The molecule has 0 radical (unpaired) electrons. The number of hydrogen-bond donors (Lipinski definition) is 3. The van der Waals surface area contributed by atoms with Crippen LogP contribution in [0.3, 0.4) is 0 Å². The van der Waals surface area contributed by atoms with E-state index < -0.39 is 11.4 Å². The molecule has 0 aliphatic carbocycles. The van der Waals surface area contributed by atoms with Gasteiger partial charge in [0, 0.05) is 5.75 Å². The maximum absolute atomic E-state index is 8.67. The van der Waals surface area contributed by atoms with Crippen molar-refractivity contribution >= 4 is 53.5 Å². The normalized spacial score (nSPS) is 6.67. The third-order valence-corrected chi connectivity index (χ3v) is 0.387. The second-order valence-electron chi connectivity index (χ2n) is 0.702. The van der Waals surface area contributed by atoms with Gasteiger partial charge in [0.25, 0.3) is 11.4 Å². The Morgan fingerprint density at radius 2 is 1.78 bits per heavy atom. The van der Waals surface area contributed by atoms with Crippen LogP contribution in [0.15, 0.2) is 12.7 Å². The first-order chi connectivity index (χ1) is 3.65. The summed E-state index contributed by atoms with van der Waals surface area (Å²) in [4.78, 5) is 0. The van der Waals surface area contributed by atoms with E-state index in [2.05, 4.69) is 19.2 Å². The summed E-state index contributed by atoms with van der Waals surface area (Å²) >= 11 is 1.19. The van der Waals surface area contributed by atoms with Gasteiger partial charge >= 0.3 is 29.6 Å². The second kappa shape index (κ2) is 16.1. The molecule has 9 heavy (non-hydrogen) atoms. The number of thiol groups is 1. The first-order valence-corrected chi connectivity index (χ1v) is 3.36. The van der Waals surface area contributed by atoms with Crippen molar-refractivity contribution in [2.24, 2.45) is 0 Å². The van der Waals surface area contributed by atoms with Gasteiger partial charge in [-0.3, -0.25) is 9.11 Å². The van der Waals surface area contributed by atoms with Crippen LogP contribution in [-0.4, -0.2) is 48.6 Å². The summed E-state index contributed by atoms with van der Waals surface area (Å²) in [6.07, 6.45) is 1.74. The van der Waals surface area contributed by atoms with E-state index in [0.29, 0.717) is 0 Å². The van der Waals surface area contributed by atoms with Gasteiger partial charge in [-0.15, -0.1) is 6.58 Å². The molecule has 0 fully saturated rings. The Morgan fingerprint density at radius 1 is 1.67 bits per heavy atom. The van der Waals surface area contributed by atoms with Gasteiger partial charge in [0.1, 0.15) is 0 Å². The van der Waals surface area contributed by atoms with Crippen LogP contribution >= 0.6 is 12.6 Å². The molecule has 3 nitrogen and oxygen atoms in total. The topological polar surface area (TPSA) is 57.5 Å². The summed E-state index contributed by atoms with van der Waals surface area (Å²) in [6.45, 7) is 3.40. The molecule has 0 heterocycles. The van der Waals surface area contributed by atoms with E-state index in [1.54, 1.807) is 6.08 Å². The van der Waals surface area contributed by atoms with Crippen LogP contribution in [0.2, 0.25) is 0 Å². The van der Waals surface area contributed by atoms with E-state index in [0.717, 1.165) is 5.75 Å². The molecule has 52 valence electrons. The zero-order valence-electron chi connectivity index (χ0n) is 4.15. The standard InChI is InChI=1S/C3H6S.Na.H2O3S.H/c1-2-3-4;;1-4(2)3;/h2,4H,1,3H2;;(H2,1,2,3);. The van der Waals surface area contributed by atoms with Crippen molar-refractivity contribution in [3.63, 3.8) is 0 Å². The van der Waals surface area contributed by atoms with Gasteiger partial charge in [0.2, 0.25) is 0 Å². The molecule has 0 atom stereocenters. The molecule has 0 aromatic heterocycles. The molecule has 0 saturated carbocycles. The second-order valence-corrected chi connectivity index (χ2v) is 1.53. The molecule has 6 heteroatoms. The number of rotatable bonds is 1. The Kier molecular flexibility index (Phi) is 29.7. The van der Waals surface area contributed by atoms with Crippen LogP contribution in [0.5, 0.6) is 0 Å².